The third kappa shape index (κ3) is 4.46. The highest BCUT2D eigenvalue weighted by Gasteiger charge is 2.32. The molecule has 0 radical (unpaired) electrons. The number of aromatic nitrogens is 1. The summed E-state index contributed by atoms with van der Waals surface area (Å²) in [5, 5.41) is 4.73. The molecule has 29 heavy (non-hydrogen) atoms. The van der Waals surface area contributed by atoms with Crippen LogP contribution >= 0.6 is 0 Å². The highest BCUT2D eigenvalue weighted by Crippen LogP contribution is 2.23. The van der Waals surface area contributed by atoms with Gasteiger partial charge in [-0.15, -0.1) is 0 Å². The largest absolute Gasteiger partial charge is 0.375 e. The fourth-order valence-electron chi connectivity index (χ4n) is 4.10. The minimum absolute atomic E-state index is 0.117. The summed E-state index contributed by atoms with van der Waals surface area (Å²) in [7, 11) is 5.88. The Labute approximate surface area is 172 Å². The minimum Gasteiger partial charge on any atom is -0.375 e. The average molecular weight is 398 g/mol. The maximum absolute atomic E-state index is 5.99. The monoisotopic (exact) mass is 397 g/mol. The molecule has 2 unspecified atom stereocenters. The summed E-state index contributed by atoms with van der Waals surface area (Å²) in [6, 6.07) is 10.4. The van der Waals surface area contributed by atoms with Gasteiger partial charge in [-0.05, 0) is 30.5 Å². The zero-order valence-corrected chi connectivity index (χ0v) is 17.6. The summed E-state index contributed by atoms with van der Waals surface area (Å²) in [5.74, 6) is 1.86. The molecule has 2 atom stereocenters. The first-order chi connectivity index (χ1) is 14.2. The van der Waals surface area contributed by atoms with Crippen LogP contribution in [0.1, 0.15) is 18.4 Å². The second-order valence-corrected chi connectivity index (χ2v) is 7.86. The lowest BCUT2D eigenvalue weighted by molar-refractivity contribution is -0.0817. The van der Waals surface area contributed by atoms with Gasteiger partial charge in [0.05, 0.1) is 18.2 Å². The van der Waals surface area contributed by atoms with Crippen LogP contribution in [0, 0.1) is 0 Å². The number of nitrogens with one attached hydrogen (secondary N) is 1. The second-order valence-electron chi connectivity index (χ2n) is 7.86. The molecule has 156 valence electrons. The van der Waals surface area contributed by atoms with Crippen molar-refractivity contribution in [1.29, 1.82) is 0 Å². The number of aliphatic imine (C=N–C) groups is 1. The Kier molecular flexibility index (Phi) is 6.16. The van der Waals surface area contributed by atoms with E-state index in [1.807, 2.05) is 32.1 Å². The lowest BCUT2D eigenvalue weighted by Gasteiger charge is -2.37. The van der Waals surface area contributed by atoms with Gasteiger partial charge in [0, 0.05) is 52.8 Å². The molecule has 1 aromatic heterocycles. The number of guanidine groups is 1. The van der Waals surface area contributed by atoms with Crippen molar-refractivity contribution in [2.45, 2.75) is 31.6 Å². The number of para-hydroxylation sites is 1. The fraction of sp³-hybridized carbons (Fsp3) is 0.545. The van der Waals surface area contributed by atoms with Crippen LogP contribution in [0.4, 0.5) is 5.82 Å². The van der Waals surface area contributed by atoms with E-state index in [0.29, 0.717) is 13.2 Å². The molecule has 1 N–H and O–H groups in total. The molecule has 0 aliphatic carbocycles. The van der Waals surface area contributed by atoms with E-state index in [2.05, 4.69) is 39.5 Å². The predicted molar refractivity (Wildman–Crippen MR) is 117 cm³/mol. The zero-order valence-electron chi connectivity index (χ0n) is 17.6. The van der Waals surface area contributed by atoms with Crippen LogP contribution in [-0.2, 0) is 16.0 Å². The van der Waals surface area contributed by atoms with Gasteiger partial charge in [0.15, 0.2) is 5.96 Å². The molecule has 2 aliphatic rings. The minimum atomic E-state index is 0.117. The topological polar surface area (TPSA) is 62.2 Å². The maximum Gasteiger partial charge on any atom is 0.194 e. The van der Waals surface area contributed by atoms with Gasteiger partial charge < -0.3 is 24.6 Å². The third-order valence-corrected chi connectivity index (χ3v) is 5.67. The van der Waals surface area contributed by atoms with E-state index in [9.17, 15) is 0 Å². The molecule has 2 saturated heterocycles. The summed E-state index contributed by atoms with van der Waals surface area (Å²) in [5.41, 5.74) is 2.22. The molecule has 4 rings (SSSR count). The summed E-state index contributed by atoms with van der Waals surface area (Å²) in [6.45, 7) is 3.89. The second kappa shape index (κ2) is 8.97. The SMILES string of the molecule is CN=C(NCc1cc(N(C)C)nc2ccccc12)N1CCOC(C2CCCO2)C1. The molecule has 0 saturated carbocycles. The highest BCUT2D eigenvalue weighted by molar-refractivity contribution is 5.85. The molecular formula is C22H31N5O2. The first-order valence-electron chi connectivity index (χ1n) is 10.4. The summed E-state index contributed by atoms with van der Waals surface area (Å²) in [6.07, 6.45) is 2.54. The normalized spacial score (nSPS) is 22.9. The number of hydrogen-bond donors (Lipinski definition) is 1. The van der Waals surface area contributed by atoms with Crippen molar-refractivity contribution in [2.75, 3.05) is 52.3 Å². The predicted octanol–water partition coefficient (Wildman–Crippen LogP) is 2.26. The summed E-state index contributed by atoms with van der Waals surface area (Å²) < 4.78 is 11.8. The number of nitrogens with zero attached hydrogens (tertiary/aromatic N) is 4. The lowest BCUT2D eigenvalue weighted by atomic mass is 10.1. The number of ether oxygens (including phenoxy) is 2. The van der Waals surface area contributed by atoms with Crippen LogP contribution in [0.15, 0.2) is 35.3 Å². The Morgan fingerprint density at radius 2 is 2.07 bits per heavy atom. The molecule has 7 nitrogen and oxygen atoms in total. The quantitative estimate of drug-likeness (QED) is 0.631. The molecule has 2 aromatic rings. The van der Waals surface area contributed by atoms with Crippen LogP contribution in [0.25, 0.3) is 10.9 Å². The Morgan fingerprint density at radius 3 is 2.83 bits per heavy atom. The van der Waals surface area contributed by atoms with E-state index in [1.54, 1.807) is 0 Å². The number of hydrogen-bond acceptors (Lipinski definition) is 5. The third-order valence-electron chi connectivity index (χ3n) is 5.67. The van der Waals surface area contributed by atoms with E-state index >= 15 is 0 Å². The molecule has 0 spiro atoms. The Bertz CT molecular complexity index is 863. The van der Waals surface area contributed by atoms with Crippen molar-refractivity contribution in [3.05, 3.63) is 35.9 Å². The van der Waals surface area contributed by atoms with E-state index in [-0.39, 0.29) is 12.2 Å². The van der Waals surface area contributed by atoms with Gasteiger partial charge in [-0.2, -0.15) is 0 Å². The molecule has 1 aromatic carbocycles. The molecule has 2 fully saturated rings. The van der Waals surface area contributed by atoms with E-state index in [0.717, 1.165) is 49.8 Å². The van der Waals surface area contributed by atoms with E-state index in [4.69, 9.17) is 14.5 Å². The van der Waals surface area contributed by atoms with Crippen LogP contribution in [0.5, 0.6) is 0 Å². The van der Waals surface area contributed by atoms with Crippen LogP contribution in [-0.4, -0.2) is 75.5 Å². The number of fused-ring (bicyclic) bond motifs is 1. The lowest BCUT2D eigenvalue weighted by Crippen LogP contribution is -2.53. The van der Waals surface area contributed by atoms with Gasteiger partial charge >= 0.3 is 0 Å². The van der Waals surface area contributed by atoms with Crippen molar-refractivity contribution in [2.24, 2.45) is 4.99 Å². The summed E-state index contributed by atoms with van der Waals surface area (Å²) in [4.78, 5) is 13.6. The molecule has 0 amide bonds. The van der Waals surface area contributed by atoms with Crippen molar-refractivity contribution in [3.63, 3.8) is 0 Å². The molecule has 7 heteroatoms. The highest BCUT2D eigenvalue weighted by atomic mass is 16.5. The van der Waals surface area contributed by atoms with Crippen LogP contribution < -0.4 is 10.2 Å². The number of anilines is 1. The van der Waals surface area contributed by atoms with E-state index < -0.39 is 0 Å². The van der Waals surface area contributed by atoms with Crippen molar-refractivity contribution in [3.8, 4) is 0 Å². The first kappa shape index (κ1) is 19.9. The maximum atomic E-state index is 5.99. The van der Waals surface area contributed by atoms with Gasteiger partial charge in [0.25, 0.3) is 0 Å². The number of rotatable bonds is 4. The Morgan fingerprint density at radius 1 is 1.24 bits per heavy atom. The van der Waals surface area contributed by atoms with Crippen molar-refractivity contribution in [1.82, 2.24) is 15.2 Å². The van der Waals surface area contributed by atoms with Crippen molar-refractivity contribution < 1.29 is 9.47 Å². The summed E-state index contributed by atoms with van der Waals surface area (Å²) >= 11 is 0. The zero-order chi connectivity index (χ0) is 20.2. The Balaban J connectivity index is 1.48. The average Bonchev–Trinajstić information content (AvgIpc) is 3.29. The first-order valence-corrected chi connectivity index (χ1v) is 10.4. The van der Waals surface area contributed by atoms with Crippen LogP contribution in [0.2, 0.25) is 0 Å². The molecule has 3 heterocycles. The number of pyridine rings is 1. The van der Waals surface area contributed by atoms with Gasteiger partial charge in [0.1, 0.15) is 11.9 Å². The van der Waals surface area contributed by atoms with E-state index in [1.165, 1.54) is 10.9 Å². The van der Waals surface area contributed by atoms with Gasteiger partial charge in [0.2, 0.25) is 0 Å². The number of morpholine rings is 1. The van der Waals surface area contributed by atoms with Gasteiger partial charge in [-0.3, -0.25) is 4.99 Å². The van der Waals surface area contributed by atoms with Crippen LogP contribution in [0.3, 0.4) is 0 Å². The van der Waals surface area contributed by atoms with Gasteiger partial charge in [-0.25, -0.2) is 4.98 Å². The Hall–Kier alpha value is -2.38. The number of benzene rings is 1. The molecule has 2 aliphatic heterocycles. The molecule has 0 bridgehead atoms. The smallest absolute Gasteiger partial charge is 0.194 e. The standard InChI is InChI=1S/C22H31N5O2/c1-23-22(27-10-12-29-20(15-27)19-9-6-11-28-19)24-14-16-13-21(26(2)3)25-18-8-5-4-7-17(16)18/h4-5,7-8,13,19-20H,6,9-12,14-15H2,1-3H3,(H,23,24). The molecular weight excluding hydrogens is 366 g/mol. The fourth-order valence-corrected chi connectivity index (χ4v) is 4.10. The van der Waals surface area contributed by atoms with Crippen molar-refractivity contribution >= 4 is 22.7 Å². The van der Waals surface area contributed by atoms with Gasteiger partial charge in [-0.1, -0.05) is 18.2 Å².